The van der Waals surface area contributed by atoms with Gasteiger partial charge in [0.15, 0.2) is 6.10 Å². The number of carboxylic acids is 1. The SMILES string of the molecule is CC/C=C/C=C/C=C/CCCCCCCC(=O)OCC(COCCC(C(=O)[O-])[N+](C)(C)C)OC(=O)CCCCCCC/C=C/C/C=C/CC. The third-order valence-electron chi connectivity index (χ3n) is 7.96. The molecular formula is C41H69NO7. The summed E-state index contributed by atoms with van der Waals surface area (Å²) in [4.78, 5) is 36.6. The lowest BCUT2D eigenvalue weighted by Gasteiger charge is -2.34. The van der Waals surface area contributed by atoms with Crippen molar-refractivity contribution >= 4 is 17.9 Å². The van der Waals surface area contributed by atoms with E-state index in [1.165, 1.54) is 0 Å². The number of quaternary nitrogens is 1. The summed E-state index contributed by atoms with van der Waals surface area (Å²) in [5.74, 6) is -1.79. The molecule has 0 radical (unpaired) electrons. The van der Waals surface area contributed by atoms with Crippen LogP contribution in [0.4, 0.5) is 0 Å². The van der Waals surface area contributed by atoms with Gasteiger partial charge >= 0.3 is 11.9 Å². The number of carbonyl (C=O) groups is 3. The van der Waals surface area contributed by atoms with Gasteiger partial charge in [0.25, 0.3) is 0 Å². The van der Waals surface area contributed by atoms with Gasteiger partial charge in [-0.2, -0.15) is 0 Å². The van der Waals surface area contributed by atoms with Crippen LogP contribution in [0.3, 0.4) is 0 Å². The topological polar surface area (TPSA) is 102 Å². The minimum atomic E-state index is -1.13. The van der Waals surface area contributed by atoms with Gasteiger partial charge in [0.2, 0.25) is 0 Å². The lowest BCUT2D eigenvalue weighted by molar-refractivity contribution is -0.889. The Balaban J connectivity index is 4.49. The number of allylic oxidation sites excluding steroid dienone is 10. The summed E-state index contributed by atoms with van der Waals surface area (Å²) < 4.78 is 17.0. The number of esters is 2. The van der Waals surface area contributed by atoms with Crippen LogP contribution in [0.5, 0.6) is 0 Å². The molecule has 0 heterocycles. The van der Waals surface area contributed by atoms with Crippen LogP contribution in [-0.2, 0) is 28.6 Å². The second kappa shape index (κ2) is 32.2. The third-order valence-corrected chi connectivity index (χ3v) is 7.96. The molecule has 0 saturated carbocycles. The first-order chi connectivity index (χ1) is 23.6. The number of hydrogen-bond acceptors (Lipinski definition) is 7. The van der Waals surface area contributed by atoms with Gasteiger partial charge < -0.3 is 28.6 Å². The van der Waals surface area contributed by atoms with Crippen molar-refractivity contribution in [3.8, 4) is 0 Å². The van der Waals surface area contributed by atoms with Crippen molar-refractivity contribution in [1.29, 1.82) is 0 Å². The predicted molar refractivity (Wildman–Crippen MR) is 199 cm³/mol. The average Bonchev–Trinajstić information content (AvgIpc) is 3.05. The van der Waals surface area contributed by atoms with E-state index in [0.717, 1.165) is 96.3 Å². The van der Waals surface area contributed by atoms with E-state index in [-0.39, 0.29) is 42.7 Å². The number of rotatable bonds is 32. The zero-order valence-electron chi connectivity index (χ0n) is 31.6. The monoisotopic (exact) mass is 688 g/mol. The molecule has 0 aliphatic carbocycles. The molecule has 49 heavy (non-hydrogen) atoms. The minimum absolute atomic E-state index is 0.0252. The number of likely N-dealkylation sites (N-methyl/N-ethyl adjacent to an activating group) is 1. The Hall–Kier alpha value is -2.97. The van der Waals surface area contributed by atoms with E-state index in [1.807, 2.05) is 12.2 Å². The Kier molecular flexibility index (Phi) is 30.3. The maximum absolute atomic E-state index is 12.6. The molecule has 0 N–H and O–H groups in total. The molecule has 0 saturated heterocycles. The summed E-state index contributed by atoms with van der Waals surface area (Å²) >= 11 is 0. The standard InChI is InChI=1S/C41H69NO7/c1-6-8-10-12-14-16-18-20-22-23-25-27-29-31-39(43)48-36-37(35-47-34-33-38(41(45)46)42(3,4)5)49-40(44)32-30-28-26-24-21-19-17-15-13-11-9-7-2/h8-12,14-18,37-38H,6-7,13,19-36H2,1-5H3/b10-8+,11-9+,14-12+,17-15+,18-16+. The van der Waals surface area contributed by atoms with E-state index in [0.29, 0.717) is 12.8 Å². The molecule has 2 atom stereocenters. The van der Waals surface area contributed by atoms with Gasteiger partial charge in [-0.15, -0.1) is 0 Å². The van der Waals surface area contributed by atoms with Crippen LogP contribution in [0.25, 0.3) is 0 Å². The number of hydrogen-bond donors (Lipinski definition) is 0. The molecule has 0 aromatic carbocycles. The summed E-state index contributed by atoms with van der Waals surface area (Å²) in [5, 5.41) is 11.6. The van der Waals surface area contributed by atoms with E-state index in [9.17, 15) is 19.5 Å². The highest BCUT2D eigenvalue weighted by Crippen LogP contribution is 2.12. The van der Waals surface area contributed by atoms with E-state index in [1.54, 1.807) is 21.1 Å². The molecule has 2 unspecified atom stereocenters. The number of unbranched alkanes of at least 4 members (excludes halogenated alkanes) is 10. The van der Waals surface area contributed by atoms with E-state index < -0.39 is 18.1 Å². The molecule has 280 valence electrons. The van der Waals surface area contributed by atoms with Crippen molar-refractivity contribution in [3.63, 3.8) is 0 Å². The molecule has 8 nitrogen and oxygen atoms in total. The van der Waals surface area contributed by atoms with Crippen molar-refractivity contribution < 1.29 is 38.2 Å². The zero-order valence-corrected chi connectivity index (χ0v) is 31.6. The lowest BCUT2D eigenvalue weighted by atomic mass is 10.1. The fourth-order valence-corrected chi connectivity index (χ4v) is 5.05. The lowest BCUT2D eigenvalue weighted by Crippen LogP contribution is -2.55. The first kappa shape index (κ1) is 46.0. The zero-order chi connectivity index (χ0) is 36.4. The quantitative estimate of drug-likeness (QED) is 0.0231. The average molecular weight is 688 g/mol. The van der Waals surface area contributed by atoms with Gasteiger partial charge in [0, 0.05) is 19.3 Å². The van der Waals surface area contributed by atoms with Gasteiger partial charge in [-0.25, -0.2) is 0 Å². The van der Waals surface area contributed by atoms with E-state index in [4.69, 9.17) is 14.2 Å². The predicted octanol–water partition coefficient (Wildman–Crippen LogP) is 8.13. The number of ether oxygens (including phenoxy) is 3. The van der Waals surface area contributed by atoms with Gasteiger partial charge in [-0.1, -0.05) is 113 Å². The molecular weight excluding hydrogens is 618 g/mol. The number of nitrogens with zero attached hydrogens (tertiary/aromatic N) is 1. The normalized spacial score (nSPS) is 13.7. The summed E-state index contributed by atoms with van der Waals surface area (Å²) in [7, 11) is 5.37. The van der Waals surface area contributed by atoms with Crippen LogP contribution in [0.2, 0.25) is 0 Å². The number of carboxylic acid groups (broad SMARTS) is 1. The molecule has 0 aliphatic rings. The smallest absolute Gasteiger partial charge is 0.306 e. The highest BCUT2D eigenvalue weighted by Gasteiger charge is 2.25. The van der Waals surface area contributed by atoms with Gasteiger partial charge in [0.1, 0.15) is 12.6 Å². The fraction of sp³-hybridized carbons (Fsp3) is 0.683. The van der Waals surface area contributed by atoms with Gasteiger partial charge in [-0.3, -0.25) is 9.59 Å². The summed E-state index contributed by atoms with van der Waals surface area (Å²) in [6.45, 7) is 4.35. The molecule has 0 spiro atoms. The molecule has 0 aliphatic heterocycles. The van der Waals surface area contributed by atoms with E-state index >= 15 is 0 Å². The van der Waals surface area contributed by atoms with Gasteiger partial charge in [0.05, 0.1) is 40.3 Å². The molecule has 0 bridgehead atoms. The molecule has 8 heteroatoms. The van der Waals surface area contributed by atoms with E-state index in [2.05, 4.69) is 62.5 Å². The molecule has 0 amide bonds. The maximum atomic E-state index is 12.6. The second-order valence-corrected chi connectivity index (χ2v) is 13.5. The number of aliphatic carboxylic acids is 1. The van der Waals surface area contributed by atoms with Crippen LogP contribution < -0.4 is 5.11 Å². The molecule has 0 rings (SSSR count). The van der Waals surface area contributed by atoms with Crippen molar-refractivity contribution in [2.75, 3.05) is 41.0 Å². The Labute approximate surface area is 298 Å². The van der Waals surface area contributed by atoms with Crippen LogP contribution >= 0.6 is 0 Å². The summed E-state index contributed by atoms with van der Waals surface area (Å²) in [6, 6.07) is -0.732. The Bertz CT molecular complexity index is 990. The first-order valence-corrected chi connectivity index (χ1v) is 18.8. The largest absolute Gasteiger partial charge is 0.544 e. The Morgan fingerprint density at radius 2 is 1.18 bits per heavy atom. The molecule has 0 aromatic rings. The van der Waals surface area contributed by atoms with Crippen molar-refractivity contribution in [1.82, 2.24) is 0 Å². The summed E-state index contributed by atoms with van der Waals surface area (Å²) in [6.07, 6.45) is 36.8. The van der Waals surface area contributed by atoms with Gasteiger partial charge in [-0.05, 0) is 57.8 Å². The fourth-order valence-electron chi connectivity index (χ4n) is 5.05. The van der Waals surface area contributed by atoms with Crippen LogP contribution in [0.15, 0.2) is 60.8 Å². The maximum Gasteiger partial charge on any atom is 0.306 e. The molecule has 0 aromatic heterocycles. The van der Waals surface area contributed by atoms with Crippen LogP contribution in [0.1, 0.15) is 129 Å². The number of carbonyl (C=O) groups excluding carboxylic acids is 3. The minimum Gasteiger partial charge on any atom is -0.544 e. The Morgan fingerprint density at radius 3 is 1.80 bits per heavy atom. The second-order valence-electron chi connectivity index (χ2n) is 13.5. The van der Waals surface area contributed by atoms with Crippen LogP contribution in [0, 0.1) is 0 Å². The highest BCUT2D eigenvalue weighted by molar-refractivity contribution is 5.70. The Morgan fingerprint density at radius 1 is 0.633 bits per heavy atom. The highest BCUT2D eigenvalue weighted by atomic mass is 16.6. The van der Waals surface area contributed by atoms with Crippen molar-refractivity contribution in [2.45, 2.75) is 142 Å². The molecule has 0 fully saturated rings. The first-order valence-electron chi connectivity index (χ1n) is 18.8. The summed E-state index contributed by atoms with van der Waals surface area (Å²) in [5.41, 5.74) is 0. The van der Waals surface area contributed by atoms with Crippen molar-refractivity contribution in [3.05, 3.63) is 60.8 Å². The van der Waals surface area contributed by atoms with Crippen LogP contribution in [-0.4, -0.2) is 75.5 Å². The van der Waals surface area contributed by atoms with Crippen molar-refractivity contribution in [2.24, 2.45) is 0 Å². The third kappa shape index (κ3) is 30.8.